The first-order valence-electron chi connectivity index (χ1n) is 7.02. The van der Waals surface area contributed by atoms with E-state index in [2.05, 4.69) is 0 Å². The van der Waals surface area contributed by atoms with E-state index in [0.29, 0.717) is 5.56 Å². The van der Waals surface area contributed by atoms with E-state index in [9.17, 15) is 13.0 Å². The van der Waals surface area contributed by atoms with E-state index < -0.39 is 10.1 Å². The van der Waals surface area contributed by atoms with Crippen molar-refractivity contribution in [3.63, 3.8) is 0 Å². The maximum Gasteiger partial charge on any atom is 0.294 e. The summed E-state index contributed by atoms with van der Waals surface area (Å²) in [6.07, 6.45) is 1.94. The van der Waals surface area contributed by atoms with Gasteiger partial charge in [0.05, 0.1) is 4.90 Å². The van der Waals surface area contributed by atoms with Crippen LogP contribution < -0.4 is 0 Å². The summed E-state index contributed by atoms with van der Waals surface area (Å²) in [5.41, 5.74) is 5.61. The van der Waals surface area contributed by atoms with Crippen LogP contribution in [0.15, 0.2) is 41.3 Å². The number of hydrogen-bond donors (Lipinski definition) is 1. The molecule has 2 rings (SSSR count). The van der Waals surface area contributed by atoms with Gasteiger partial charge in [-0.05, 0) is 61.6 Å². The average Bonchev–Trinajstić information content (AvgIpc) is 2.41. The van der Waals surface area contributed by atoms with E-state index in [-0.39, 0.29) is 4.90 Å². The summed E-state index contributed by atoms with van der Waals surface area (Å²) in [7, 11) is -4.21. The van der Waals surface area contributed by atoms with Crippen molar-refractivity contribution in [3.8, 4) is 0 Å². The first kappa shape index (κ1) is 16.5. The molecule has 0 saturated heterocycles. The van der Waals surface area contributed by atoms with Crippen molar-refractivity contribution in [2.75, 3.05) is 0 Å². The standard InChI is InChI=1S/C18H20O3S/c1-12-5-7-16(8-6-12)14(3)10-17-11-18(22(19,20)21)15(4)9-13(17)2/h5-11H,1-4H3,(H,19,20,21). The van der Waals surface area contributed by atoms with E-state index in [4.69, 9.17) is 0 Å². The largest absolute Gasteiger partial charge is 0.294 e. The van der Waals surface area contributed by atoms with Crippen LogP contribution in [0.25, 0.3) is 11.6 Å². The second kappa shape index (κ2) is 6.07. The second-order valence-electron chi connectivity index (χ2n) is 5.64. The van der Waals surface area contributed by atoms with Gasteiger partial charge in [0.15, 0.2) is 0 Å². The monoisotopic (exact) mass is 316 g/mol. The summed E-state index contributed by atoms with van der Waals surface area (Å²) < 4.78 is 32.2. The molecule has 0 atom stereocenters. The minimum absolute atomic E-state index is 0.0407. The summed E-state index contributed by atoms with van der Waals surface area (Å²) in [6, 6.07) is 11.5. The third-order valence-corrected chi connectivity index (χ3v) is 4.72. The van der Waals surface area contributed by atoms with Gasteiger partial charge in [0.1, 0.15) is 0 Å². The number of hydrogen-bond acceptors (Lipinski definition) is 2. The van der Waals surface area contributed by atoms with Crippen molar-refractivity contribution in [2.24, 2.45) is 0 Å². The van der Waals surface area contributed by atoms with Crippen molar-refractivity contribution in [1.29, 1.82) is 0 Å². The van der Waals surface area contributed by atoms with Gasteiger partial charge in [-0.1, -0.05) is 42.0 Å². The molecule has 2 aromatic carbocycles. The Labute approximate surface area is 132 Å². The molecule has 0 aliphatic rings. The molecule has 0 aromatic heterocycles. The molecular formula is C18H20O3S. The highest BCUT2D eigenvalue weighted by atomic mass is 32.2. The highest BCUT2D eigenvalue weighted by molar-refractivity contribution is 7.85. The van der Waals surface area contributed by atoms with E-state index >= 15 is 0 Å². The van der Waals surface area contributed by atoms with E-state index in [1.165, 1.54) is 11.6 Å². The maximum absolute atomic E-state index is 11.4. The topological polar surface area (TPSA) is 54.4 Å². The Kier molecular flexibility index (Phi) is 4.54. The highest BCUT2D eigenvalue weighted by Crippen LogP contribution is 2.25. The lowest BCUT2D eigenvalue weighted by atomic mass is 9.99. The lowest BCUT2D eigenvalue weighted by Gasteiger charge is -2.09. The minimum Gasteiger partial charge on any atom is -0.282 e. The highest BCUT2D eigenvalue weighted by Gasteiger charge is 2.14. The molecule has 0 radical (unpaired) electrons. The third kappa shape index (κ3) is 3.64. The van der Waals surface area contributed by atoms with Crippen LogP contribution in [0.3, 0.4) is 0 Å². The predicted octanol–water partition coefficient (Wildman–Crippen LogP) is 4.42. The first-order chi connectivity index (χ1) is 10.2. The Hall–Kier alpha value is -1.91. The molecule has 0 aliphatic carbocycles. The van der Waals surface area contributed by atoms with Crippen molar-refractivity contribution in [2.45, 2.75) is 32.6 Å². The van der Waals surface area contributed by atoms with Gasteiger partial charge < -0.3 is 0 Å². The zero-order valence-corrected chi connectivity index (χ0v) is 14.0. The van der Waals surface area contributed by atoms with E-state index in [0.717, 1.165) is 22.3 Å². The number of allylic oxidation sites excluding steroid dienone is 1. The molecule has 0 spiro atoms. The zero-order valence-electron chi connectivity index (χ0n) is 13.2. The lowest BCUT2D eigenvalue weighted by molar-refractivity contribution is 0.482. The quantitative estimate of drug-likeness (QED) is 0.673. The summed E-state index contributed by atoms with van der Waals surface area (Å²) in [6.45, 7) is 7.62. The molecule has 22 heavy (non-hydrogen) atoms. The normalized spacial score (nSPS) is 12.5. The van der Waals surface area contributed by atoms with Gasteiger partial charge >= 0.3 is 0 Å². The van der Waals surface area contributed by atoms with E-state index in [1.807, 2.05) is 51.1 Å². The molecule has 0 amide bonds. The van der Waals surface area contributed by atoms with Crippen LogP contribution in [0.4, 0.5) is 0 Å². The Morgan fingerprint density at radius 1 is 1.00 bits per heavy atom. The summed E-state index contributed by atoms with van der Waals surface area (Å²) >= 11 is 0. The Morgan fingerprint density at radius 3 is 2.14 bits per heavy atom. The predicted molar refractivity (Wildman–Crippen MR) is 90.5 cm³/mol. The van der Waals surface area contributed by atoms with Gasteiger partial charge in [-0.25, -0.2) is 0 Å². The lowest BCUT2D eigenvalue weighted by Crippen LogP contribution is -2.02. The zero-order chi connectivity index (χ0) is 16.5. The number of rotatable bonds is 3. The van der Waals surface area contributed by atoms with Gasteiger partial charge in [0.25, 0.3) is 10.1 Å². The Bertz CT molecular complexity index is 829. The van der Waals surface area contributed by atoms with Gasteiger partial charge in [-0.15, -0.1) is 0 Å². The van der Waals surface area contributed by atoms with Crippen LogP contribution in [-0.4, -0.2) is 13.0 Å². The fraction of sp³-hybridized carbons (Fsp3) is 0.222. The van der Waals surface area contributed by atoms with Crippen LogP contribution in [0.2, 0.25) is 0 Å². The molecule has 2 aromatic rings. The molecule has 0 saturated carbocycles. The Morgan fingerprint density at radius 2 is 1.59 bits per heavy atom. The van der Waals surface area contributed by atoms with Crippen LogP contribution >= 0.6 is 0 Å². The Balaban J connectivity index is 2.53. The van der Waals surface area contributed by atoms with Crippen molar-refractivity contribution in [3.05, 3.63) is 64.2 Å². The summed E-state index contributed by atoms with van der Waals surface area (Å²) in [4.78, 5) is -0.0407. The van der Waals surface area contributed by atoms with E-state index in [1.54, 1.807) is 13.0 Å². The summed E-state index contributed by atoms with van der Waals surface area (Å²) in [5, 5.41) is 0. The fourth-order valence-corrected chi connectivity index (χ4v) is 3.16. The molecule has 0 unspecified atom stereocenters. The van der Waals surface area contributed by atoms with Crippen LogP contribution in [0.1, 0.15) is 34.7 Å². The van der Waals surface area contributed by atoms with Crippen molar-refractivity contribution < 1.29 is 13.0 Å². The molecule has 0 bridgehead atoms. The van der Waals surface area contributed by atoms with Gasteiger partial charge in [0, 0.05) is 0 Å². The van der Waals surface area contributed by atoms with Gasteiger partial charge in [-0.3, -0.25) is 4.55 Å². The second-order valence-corrected chi connectivity index (χ2v) is 7.03. The van der Waals surface area contributed by atoms with Crippen molar-refractivity contribution >= 4 is 21.8 Å². The molecule has 1 N–H and O–H groups in total. The molecule has 0 heterocycles. The SMILES string of the molecule is CC(=Cc1cc(S(=O)(=O)O)c(C)cc1C)c1ccc(C)cc1. The first-order valence-corrected chi connectivity index (χ1v) is 8.46. The van der Waals surface area contributed by atoms with Crippen molar-refractivity contribution in [1.82, 2.24) is 0 Å². The minimum atomic E-state index is -4.21. The smallest absolute Gasteiger partial charge is 0.282 e. The van der Waals surface area contributed by atoms with Gasteiger partial charge in [-0.2, -0.15) is 8.42 Å². The van der Waals surface area contributed by atoms with Crippen LogP contribution in [0, 0.1) is 20.8 Å². The molecule has 0 fully saturated rings. The molecule has 116 valence electrons. The molecule has 0 aliphatic heterocycles. The van der Waals surface area contributed by atoms with Gasteiger partial charge in [0.2, 0.25) is 0 Å². The van der Waals surface area contributed by atoms with Crippen LogP contribution in [0.5, 0.6) is 0 Å². The average molecular weight is 316 g/mol. The third-order valence-electron chi connectivity index (χ3n) is 3.72. The number of aryl methyl sites for hydroxylation is 3. The maximum atomic E-state index is 11.4. The molecular weight excluding hydrogens is 296 g/mol. The van der Waals surface area contributed by atoms with Crippen LogP contribution in [-0.2, 0) is 10.1 Å². The fourth-order valence-electron chi connectivity index (χ4n) is 2.41. The number of benzene rings is 2. The molecule has 4 heteroatoms. The molecule has 3 nitrogen and oxygen atoms in total. The summed E-state index contributed by atoms with van der Waals surface area (Å²) in [5.74, 6) is 0.